The standard InChI is InChI=1S/C14H18N2O2/c1-2-16(12-8-4-3-5-9-12)14(18)13(17)15-10-6-7-11-15/h3-5,8-9H,2,6-7,10-11H2,1H3. The monoisotopic (exact) mass is 246 g/mol. The summed E-state index contributed by atoms with van der Waals surface area (Å²) in [4.78, 5) is 27.4. The molecule has 96 valence electrons. The van der Waals surface area contributed by atoms with Gasteiger partial charge >= 0.3 is 11.8 Å². The molecule has 0 bridgehead atoms. The fourth-order valence-corrected chi connectivity index (χ4v) is 2.22. The second-order valence-electron chi connectivity index (χ2n) is 4.38. The number of anilines is 1. The Morgan fingerprint density at radius 3 is 2.33 bits per heavy atom. The Balaban J connectivity index is 2.12. The second-order valence-corrected chi connectivity index (χ2v) is 4.38. The van der Waals surface area contributed by atoms with Gasteiger partial charge in [0.15, 0.2) is 0 Å². The maximum Gasteiger partial charge on any atom is 0.316 e. The first-order valence-corrected chi connectivity index (χ1v) is 6.40. The molecule has 0 spiro atoms. The van der Waals surface area contributed by atoms with Gasteiger partial charge in [-0.05, 0) is 31.9 Å². The summed E-state index contributed by atoms with van der Waals surface area (Å²) < 4.78 is 0. The van der Waals surface area contributed by atoms with Crippen molar-refractivity contribution in [3.63, 3.8) is 0 Å². The molecule has 0 saturated carbocycles. The molecule has 0 aromatic heterocycles. The number of carbonyl (C=O) groups is 2. The highest BCUT2D eigenvalue weighted by molar-refractivity contribution is 6.40. The highest BCUT2D eigenvalue weighted by Gasteiger charge is 2.28. The molecule has 1 aliphatic heterocycles. The lowest BCUT2D eigenvalue weighted by atomic mass is 10.2. The number of rotatable bonds is 2. The molecule has 2 amide bonds. The van der Waals surface area contributed by atoms with Gasteiger partial charge in [0.2, 0.25) is 0 Å². The van der Waals surface area contributed by atoms with E-state index in [1.54, 1.807) is 4.90 Å². The molecule has 1 fully saturated rings. The van der Waals surface area contributed by atoms with Crippen molar-refractivity contribution in [1.82, 2.24) is 4.90 Å². The Kier molecular flexibility index (Phi) is 3.97. The topological polar surface area (TPSA) is 40.6 Å². The molecule has 1 aromatic carbocycles. The summed E-state index contributed by atoms with van der Waals surface area (Å²) in [5.41, 5.74) is 0.776. The highest BCUT2D eigenvalue weighted by atomic mass is 16.2. The van der Waals surface area contributed by atoms with Gasteiger partial charge in [-0.15, -0.1) is 0 Å². The highest BCUT2D eigenvalue weighted by Crippen LogP contribution is 2.15. The minimum absolute atomic E-state index is 0.377. The normalized spacial score (nSPS) is 14.6. The van der Waals surface area contributed by atoms with Gasteiger partial charge in [-0.25, -0.2) is 0 Å². The molecular formula is C14H18N2O2. The van der Waals surface area contributed by atoms with Crippen molar-refractivity contribution in [1.29, 1.82) is 0 Å². The van der Waals surface area contributed by atoms with Crippen LogP contribution < -0.4 is 4.90 Å². The number of likely N-dealkylation sites (N-methyl/N-ethyl adjacent to an activating group) is 1. The van der Waals surface area contributed by atoms with Crippen LogP contribution in [0.5, 0.6) is 0 Å². The molecule has 1 aliphatic rings. The molecule has 4 nitrogen and oxygen atoms in total. The number of amides is 2. The third kappa shape index (κ3) is 2.53. The van der Waals surface area contributed by atoms with E-state index in [2.05, 4.69) is 0 Å². The van der Waals surface area contributed by atoms with Crippen LogP contribution >= 0.6 is 0 Å². The van der Waals surface area contributed by atoms with Crippen molar-refractivity contribution >= 4 is 17.5 Å². The van der Waals surface area contributed by atoms with E-state index in [0.29, 0.717) is 19.6 Å². The smallest absolute Gasteiger partial charge is 0.316 e. The number of nitrogens with zero attached hydrogens (tertiary/aromatic N) is 2. The summed E-state index contributed by atoms with van der Waals surface area (Å²) >= 11 is 0. The Hall–Kier alpha value is -1.84. The third-order valence-electron chi connectivity index (χ3n) is 3.21. The van der Waals surface area contributed by atoms with Gasteiger partial charge in [0, 0.05) is 25.3 Å². The van der Waals surface area contributed by atoms with E-state index in [1.807, 2.05) is 37.3 Å². The summed E-state index contributed by atoms with van der Waals surface area (Å²) in [6, 6.07) is 9.32. The maximum atomic E-state index is 12.2. The number of likely N-dealkylation sites (tertiary alicyclic amines) is 1. The Morgan fingerprint density at radius 1 is 1.17 bits per heavy atom. The van der Waals surface area contributed by atoms with Crippen molar-refractivity contribution in [2.75, 3.05) is 24.5 Å². The van der Waals surface area contributed by atoms with Crippen LogP contribution in [-0.2, 0) is 9.59 Å². The zero-order valence-corrected chi connectivity index (χ0v) is 10.6. The van der Waals surface area contributed by atoms with E-state index in [1.165, 1.54) is 4.90 Å². The van der Waals surface area contributed by atoms with Gasteiger partial charge in [0.1, 0.15) is 0 Å². The van der Waals surface area contributed by atoms with Gasteiger partial charge in [0.05, 0.1) is 0 Å². The first-order chi connectivity index (χ1) is 8.74. The number of hydrogen-bond acceptors (Lipinski definition) is 2. The summed E-state index contributed by atoms with van der Waals surface area (Å²) in [5.74, 6) is -0.802. The van der Waals surface area contributed by atoms with Crippen molar-refractivity contribution < 1.29 is 9.59 Å². The molecule has 0 radical (unpaired) electrons. The summed E-state index contributed by atoms with van der Waals surface area (Å²) in [5, 5.41) is 0. The number of carbonyl (C=O) groups excluding carboxylic acids is 2. The first-order valence-electron chi connectivity index (χ1n) is 6.40. The Bertz CT molecular complexity index is 425. The number of hydrogen-bond donors (Lipinski definition) is 0. The number of benzene rings is 1. The molecule has 1 aromatic rings. The van der Waals surface area contributed by atoms with Gasteiger partial charge < -0.3 is 9.80 Å². The largest absolute Gasteiger partial charge is 0.334 e. The fraction of sp³-hybridized carbons (Fsp3) is 0.429. The second kappa shape index (κ2) is 5.67. The molecule has 0 unspecified atom stereocenters. The van der Waals surface area contributed by atoms with Crippen LogP contribution in [0.2, 0.25) is 0 Å². The van der Waals surface area contributed by atoms with Crippen LogP contribution in [0.4, 0.5) is 5.69 Å². The lowest BCUT2D eigenvalue weighted by Crippen LogP contribution is -2.44. The van der Waals surface area contributed by atoms with Crippen molar-refractivity contribution in [2.24, 2.45) is 0 Å². The lowest BCUT2D eigenvalue weighted by Gasteiger charge is -2.23. The van der Waals surface area contributed by atoms with Crippen LogP contribution in [0.25, 0.3) is 0 Å². The molecule has 0 aliphatic carbocycles. The lowest BCUT2D eigenvalue weighted by molar-refractivity contribution is -0.143. The van der Waals surface area contributed by atoms with E-state index in [0.717, 1.165) is 18.5 Å². The summed E-state index contributed by atoms with van der Waals surface area (Å²) in [7, 11) is 0. The molecule has 4 heteroatoms. The first kappa shape index (κ1) is 12.6. The quantitative estimate of drug-likeness (QED) is 0.745. The van der Waals surface area contributed by atoms with Crippen molar-refractivity contribution in [2.45, 2.75) is 19.8 Å². The van der Waals surface area contributed by atoms with Gasteiger partial charge in [-0.2, -0.15) is 0 Å². The zero-order valence-electron chi connectivity index (χ0n) is 10.6. The van der Waals surface area contributed by atoms with Crippen LogP contribution in [0.3, 0.4) is 0 Å². The van der Waals surface area contributed by atoms with E-state index >= 15 is 0 Å². The number of para-hydroxylation sites is 1. The fourth-order valence-electron chi connectivity index (χ4n) is 2.22. The van der Waals surface area contributed by atoms with Crippen molar-refractivity contribution in [3.05, 3.63) is 30.3 Å². The molecule has 18 heavy (non-hydrogen) atoms. The van der Waals surface area contributed by atoms with Crippen LogP contribution in [0.15, 0.2) is 30.3 Å². The minimum Gasteiger partial charge on any atom is -0.334 e. The molecule has 1 heterocycles. The summed E-state index contributed by atoms with van der Waals surface area (Å²) in [6.07, 6.45) is 1.99. The van der Waals surface area contributed by atoms with E-state index in [-0.39, 0.29) is 5.91 Å². The zero-order chi connectivity index (χ0) is 13.0. The van der Waals surface area contributed by atoms with Crippen LogP contribution in [0.1, 0.15) is 19.8 Å². The Labute approximate surface area is 107 Å². The molecule has 2 rings (SSSR count). The van der Waals surface area contributed by atoms with Gasteiger partial charge in [0.25, 0.3) is 0 Å². The van der Waals surface area contributed by atoms with Crippen molar-refractivity contribution in [3.8, 4) is 0 Å². The molecule has 1 saturated heterocycles. The van der Waals surface area contributed by atoms with Gasteiger partial charge in [-0.3, -0.25) is 9.59 Å². The minimum atomic E-state index is -0.425. The van der Waals surface area contributed by atoms with Crippen LogP contribution in [-0.4, -0.2) is 36.3 Å². The molecular weight excluding hydrogens is 228 g/mol. The molecule has 0 N–H and O–H groups in total. The van der Waals surface area contributed by atoms with Gasteiger partial charge in [-0.1, -0.05) is 18.2 Å². The Morgan fingerprint density at radius 2 is 1.78 bits per heavy atom. The average Bonchev–Trinajstić information content (AvgIpc) is 2.94. The van der Waals surface area contributed by atoms with Crippen LogP contribution in [0, 0.1) is 0 Å². The van der Waals surface area contributed by atoms with E-state index in [9.17, 15) is 9.59 Å². The third-order valence-corrected chi connectivity index (χ3v) is 3.21. The van der Waals surface area contributed by atoms with E-state index < -0.39 is 5.91 Å². The van der Waals surface area contributed by atoms with E-state index in [4.69, 9.17) is 0 Å². The molecule has 0 atom stereocenters. The average molecular weight is 246 g/mol. The maximum absolute atomic E-state index is 12.2. The SMILES string of the molecule is CCN(C(=O)C(=O)N1CCCC1)c1ccccc1. The predicted octanol–water partition coefficient (Wildman–Crippen LogP) is 1.66. The predicted molar refractivity (Wildman–Crippen MR) is 70.3 cm³/mol. The summed E-state index contributed by atoms with van der Waals surface area (Å²) in [6.45, 7) is 3.79.